The van der Waals surface area contributed by atoms with Crippen LogP contribution < -0.4 is 10.1 Å². The van der Waals surface area contributed by atoms with Crippen LogP contribution in [0.15, 0.2) is 30.3 Å². The number of ketones is 1. The molecule has 0 spiro atoms. The summed E-state index contributed by atoms with van der Waals surface area (Å²) in [5.74, 6) is 0.256. The second kappa shape index (κ2) is 7.42. The van der Waals surface area contributed by atoms with Crippen LogP contribution in [0.5, 0.6) is 5.75 Å². The van der Waals surface area contributed by atoms with Crippen molar-refractivity contribution in [3.63, 3.8) is 0 Å². The van der Waals surface area contributed by atoms with Gasteiger partial charge in [0.15, 0.2) is 5.78 Å². The number of halogens is 1. The number of carbonyl (C=O) groups excluding carboxylic acids is 2. The van der Waals surface area contributed by atoms with Gasteiger partial charge in [0.25, 0.3) is 0 Å². The lowest BCUT2D eigenvalue weighted by atomic mass is 10.2. The van der Waals surface area contributed by atoms with Crippen LogP contribution in [0, 0.1) is 6.92 Å². The second-order valence-corrected chi connectivity index (χ2v) is 6.45. The summed E-state index contributed by atoms with van der Waals surface area (Å²) >= 11 is 7.35. The van der Waals surface area contributed by atoms with E-state index in [0.717, 1.165) is 4.88 Å². The molecule has 1 amide bonds. The Bertz CT molecular complexity index is 696. The molecule has 1 aromatic heterocycles. The van der Waals surface area contributed by atoms with Crippen molar-refractivity contribution in [2.24, 2.45) is 0 Å². The predicted octanol–water partition coefficient (Wildman–Crippen LogP) is 4.32. The number of hydrogen-bond acceptors (Lipinski definition) is 4. The first-order valence-corrected chi connectivity index (χ1v) is 7.92. The molecule has 0 aliphatic rings. The van der Waals surface area contributed by atoms with Crippen LogP contribution >= 0.6 is 22.9 Å². The molecule has 4 nitrogen and oxygen atoms in total. The average Bonchev–Trinajstić information content (AvgIpc) is 2.92. The van der Waals surface area contributed by atoms with Crippen molar-refractivity contribution < 1.29 is 14.3 Å². The lowest BCUT2D eigenvalue weighted by Crippen LogP contribution is -2.13. The van der Waals surface area contributed by atoms with Gasteiger partial charge in [0.05, 0.1) is 17.7 Å². The van der Waals surface area contributed by atoms with Crippen LogP contribution in [0.2, 0.25) is 5.02 Å². The summed E-state index contributed by atoms with van der Waals surface area (Å²) in [6, 6.07) is 8.66. The van der Waals surface area contributed by atoms with E-state index in [1.807, 2.05) is 13.0 Å². The normalized spacial score (nSPS) is 10.3. The average molecular weight is 338 g/mol. The quantitative estimate of drug-likeness (QED) is 0.799. The number of carbonyl (C=O) groups is 2. The molecule has 1 heterocycles. The molecule has 2 aromatic rings. The maximum absolute atomic E-state index is 12.0. The Morgan fingerprint density at radius 3 is 2.64 bits per heavy atom. The number of rotatable bonds is 6. The Balaban J connectivity index is 1.93. The number of ether oxygens (including phenoxy) is 1. The molecule has 0 aliphatic carbocycles. The van der Waals surface area contributed by atoms with Crippen molar-refractivity contribution in [1.29, 1.82) is 0 Å². The smallest absolute Gasteiger partial charge is 0.224 e. The molecule has 0 radical (unpaired) electrons. The summed E-state index contributed by atoms with van der Waals surface area (Å²) in [6.07, 6.45) is 0.292. The van der Waals surface area contributed by atoms with Crippen LogP contribution in [-0.2, 0) is 4.79 Å². The topological polar surface area (TPSA) is 55.4 Å². The van der Waals surface area contributed by atoms with E-state index in [1.54, 1.807) is 24.3 Å². The first-order chi connectivity index (χ1) is 10.5. The van der Waals surface area contributed by atoms with Gasteiger partial charge >= 0.3 is 0 Å². The van der Waals surface area contributed by atoms with Crippen molar-refractivity contribution in [3.05, 3.63) is 45.1 Å². The van der Waals surface area contributed by atoms with E-state index in [4.69, 9.17) is 16.3 Å². The van der Waals surface area contributed by atoms with Crippen molar-refractivity contribution in [3.8, 4) is 5.75 Å². The third kappa shape index (κ3) is 4.32. The van der Waals surface area contributed by atoms with Gasteiger partial charge in [-0.3, -0.25) is 9.59 Å². The molecular formula is C16H16ClNO3S. The summed E-state index contributed by atoms with van der Waals surface area (Å²) in [7, 11) is 1.52. The van der Waals surface area contributed by atoms with Gasteiger partial charge in [-0.1, -0.05) is 11.6 Å². The highest BCUT2D eigenvalue weighted by Gasteiger charge is 2.13. The van der Waals surface area contributed by atoms with Gasteiger partial charge in [0.2, 0.25) is 5.91 Å². The summed E-state index contributed by atoms with van der Waals surface area (Å²) in [6.45, 7) is 1.94. The van der Waals surface area contributed by atoms with E-state index in [-0.39, 0.29) is 24.5 Å². The van der Waals surface area contributed by atoms with Gasteiger partial charge in [-0.05, 0) is 37.3 Å². The van der Waals surface area contributed by atoms with E-state index in [0.29, 0.717) is 21.3 Å². The first kappa shape index (κ1) is 16.5. The number of anilines is 1. The summed E-state index contributed by atoms with van der Waals surface area (Å²) in [5.41, 5.74) is 0.499. The fraction of sp³-hybridized carbons (Fsp3) is 0.250. The Hall–Kier alpha value is -1.85. The molecule has 0 unspecified atom stereocenters. The van der Waals surface area contributed by atoms with E-state index in [1.165, 1.54) is 18.4 Å². The molecular weight excluding hydrogens is 322 g/mol. The van der Waals surface area contributed by atoms with Crippen molar-refractivity contribution in [2.45, 2.75) is 19.8 Å². The number of Topliss-reactive ketones (excluding diaryl/α,β-unsaturated/α-hetero) is 1. The highest BCUT2D eigenvalue weighted by Crippen LogP contribution is 2.28. The van der Waals surface area contributed by atoms with Crippen LogP contribution in [0.1, 0.15) is 27.4 Å². The number of amides is 1. The Morgan fingerprint density at radius 2 is 2.00 bits per heavy atom. The molecule has 0 bridgehead atoms. The monoisotopic (exact) mass is 337 g/mol. The molecule has 0 fully saturated rings. The molecule has 2 rings (SSSR count). The number of nitrogens with one attached hydrogen (secondary N) is 1. The number of methoxy groups -OCH3 is 1. The zero-order chi connectivity index (χ0) is 16.1. The molecule has 116 valence electrons. The van der Waals surface area contributed by atoms with Gasteiger partial charge < -0.3 is 10.1 Å². The van der Waals surface area contributed by atoms with E-state index >= 15 is 0 Å². The first-order valence-electron chi connectivity index (χ1n) is 6.72. The predicted molar refractivity (Wildman–Crippen MR) is 89.3 cm³/mol. The highest BCUT2D eigenvalue weighted by molar-refractivity contribution is 7.14. The Labute approximate surface area is 138 Å². The third-order valence-corrected chi connectivity index (χ3v) is 4.31. The number of benzene rings is 1. The molecule has 1 N–H and O–H groups in total. The maximum Gasteiger partial charge on any atom is 0.224 e. The van der Waals surface area contributed by atoms with Gasteiger partial charge in [-0.25, -0.2) is 0 Å². The van der Waals surface area contributed by atoms with Crippen LogP contribution in [0.4, 0.5) is 5.69 Å². The van der Waals surface area contributed by atoms with Gasteiger partial charge in [-0.2, -0.15) is 0 Å². The molecule has 0 saturated carbocycles. The van der Waals surface area contributed by atoms with Crippen LogP contribution in [0.3, 0.4) is 0 Å². The zero-order valence-corrected chi connectivity index (χ0v) is 13.9. The fourth-order valence-corrected chi connectivity index (χ4v) is 2.93. The second-order valence-electron chi connectivity index (χ2n) is 4.73. The summed E-state index contributed by atoms with van der Waals surface area (Å²) in [5, 5.41) is 3.22. The summed E-state index contributed by atoms with van der Waals surface area (Å²) in [4.78, 5) is 25.7. The van der Waals surface area contributed by atoms with Crippen molar-refractivity contribution >= 4 is 40.3 Å². The minimum absolute atomic E-state index is 0.0219. The third-order valence-electron chi connectivity index (χ3n) is 3.03. The minimum atomic E-state index is -0.248. The Morgan fingerprint density at radius 1 is 1.23 bits per heavy atom. The van der Waals surface area contributed by atoms with Gasteiger partial charge in [0.1, 0.15) is 5.75 Å². The molecule has 0 aliphatic heterocycles. The van der Waals surface area contributed by atoms with Crippen molar-refractivity contribution in [1.82, 2.24) is 0 Å². The Kier molecular flexibility index (Phi) is 5.57. The standard InChI is InChI=1S/C16H16ClNO3S/c1-10-3-7-15(22-10)13(19)5-8-16(20)18-12-9-11(17)4-6-14(12)21-2/h3-4,6-7,9H,5,8H2,1-2H3,(H,18,20). The maximum atomic E-state index is 12.0. The SMILES string of the molecule is COc1ccc(Cl)cc1NC(=O)CCC(=O)c1ccc(C)s1. The van der Waals surface area contributed by atoms with E-state index in [9.17, 15) is 9.59 Å². The highest BCUT2D eigenvalue weighted by atomic mass is 35.5. The minimum Gasteiger partial charge on any atom is -0.495 e. The zero-order valence-electron chi connectivity index (χ0n) is 12.3. The molecule has 1 aromatic carbocycles. The lowest BCUT2D eigenvalue weighted by molar-refractivity contribution is -0.116. The van der Waals surface area contributed by atoms with Gasteiger partial charge in [0, 0.05) is 22.7 Å². The van der Waals surface area contributed by atoms with Crippen LogP contribution in [0.25, 0.3) is 0 Å². The van der Waals surface area contributed by atoms with E-state index < -0.39 is 0 Å². The van der Waals surface area contributed by atoms with E-state index in [2.05, 4.69) is 5.32 Å². The number of thiophene rings is 1. The number of hydrogen-bond donors (Lipinski definition) is 1. The molecule has 6 heteroatoms. The largest absolute Gasteiger partial charge is 0.495 e. The fourth-order valence-electron chi connectivity index (χ4n) is 1.93. The lowest BCUT2D eigenvalue weighted by Gasteiger charge is -2.10. The molecule has 0 atom stereocenters. The molecule has 0 saturated heterocycles. The van der Waals surface area contributed by atoms with Gasteiger partial charge in [-0.15, -0.1) is 11.3 Å². The van der Waals surface area contributed by atoms with Crippen molar-refractivity contribution in [2.75, 3.05) is 12.4 Å². The molecule has 22 heavy (non-hydrogen) atoms. The summed E-state index contributed by atoms with van der Waals surface area (Å²) < 4.78 is 5.16. The number of aryl methyl sites for hydroxylation is 1. The van der Waals surface area contributed by atoms with Crippen LogP contribution in [-0.4, -0.2) is 18.8 Å².